The van der Waals surface area contributed by atoms with Gasteiger partial charge in [-0.2, -0.15) is 0 Å². The van der Waals surface area contributed by atoms with Crippen molar-refractivity contribution in [2.24, 2.45) is 0 Å². The number of nitrogens with one attached hydrogen (secondary N) is 1. The zero-order valence-corrected chi connectivity index (χ0v) is 46.4. The van der Waals surface area contributed by atoms with Crippen LogP contribution < -0.4 is 18.9 Å². The molecule has 1 N–H and O–H groups in total. The number of aromatic nitrogens is 4. The second-order valence-electron chi connectivity index (χ2n) is 19.6. The minimum absolute atomic E-state index is 0.00608. The number of H-pyrrole nitrogens is 1. The summed E-state index contributed by atoms with van der Waals surface area (Å²) in [5.74, 6) is -5.10. The number of carbonyl (C=O) groups excluding carboxylic acids is 4. The molecule has 3 aromatic heterocycles. The number of hydrogen-bond donors (Lipinski definition) is 1. The zero-order valence-electron chi connectivity index (χ0n) is 46.4. The summed E-state index contributed by atoms with van der Waals surface area (Å²) in [6, 6.07) is 26.8. The third-order valence-corrected chi connectivity index (χ3v) is 13.8. The summed E-state index contributed by atoms with van der Waals surface area (Å²) < 4.78 is 26.1. The Kier molecular flexibility index (Phi) is 18.3. The molecule has 8 bridgehead atoms. The maximum Gasteiger partial charge on any atom is 0.318 e. The van der Waals surface area contributed by atoms with E-state index >= 15 is 0 Å². The van der Waals surface area contributed by atoms with Crippen molar-refractivity contribution in [2.75, 3.05) is 0 Å². The zero-order chi connectivity index (χ0) is 62.8. The standard InChI is InChI=1S/C64H50N8O16/c1-5-43(69(77)78)34-57(73)85-53-21-13-9-17-47(53)61-50-30-29-41(67-50)32-40-26-25-38(65-40)31-39-27-28-42(66-39)33-52-62(48-18-10-14-22-54(48)86-58(74)35-44(6-2)70(79)80)63(49-19-11-15-23-55(49)87-59(75)36-45(7-3)71(81)82)64(61)68(52)51-20-12-16-24-56(51)88-60(76)37-46(8-4)72(83)84/h5-33,43-46,65H,1-4,34-37H2. The molecule has 0 radical (unpaired) electrons. The number of fused-ring (bicyclic) bond motifs is 8. The Labute approximate surface area is 498 Å². The summed E-state index contributed by atoms with van der Waals surface area (Å²) in [6.45, 7) is 14.1. The molecule has 4 unspecified atom stereocenters. The van der Waals surface area contributed by atoms with E-state index in [2.05, 4.69) is 31.3 Å². The number of ether oxygens (including phenoxy) is 4. The molecule has 2 aliphatic heterocycles. The Morgan fingerprint density at radius 1 is 0.455 bits per heavy atom. The average molecular weight is 1190 g/mol. The average Bonchev–Trinajstić information content (AvgIpc) is 1.58. The molecule has 0 saturated carbocycles. The van der Waals surface area contributed by atoms with E-state index in [1.807, 2.05) is 12.1 Å². The van der Waals surface area contributed by atoms with Gasteiger partial charge in [0, 0.05) is 64.1 Å². The van der Waals surface area contributed by atoms with Gasteiger partial charge in [0.05, 0.1) is 39.5 Å². The van der Waals surface area contributed by atoms with Crippen LogP contribution in [0.4, 0.5) is 0 Å². The summed E-state index contributed by atoms with van der Waals surface area (Å²) in [7, 11) is 0. The first-order chi connectivity index (χ1) is 42.4. The van der Waals surface area contributed by atoms with Crippen LogP contribution in [0.2, 0.25) is 0 Å². The van der Waals surface area contributed by atoms with Crippen molar-refractivity contribution < 1.29 is 57.8 Å². The molecule has 2 aliphatic rings. The van der Waals surface area contributed by atoms with Crippen LogP contribution in [0.25, 0.3) is 85.4 Å². The second kappa shape index (κ2) is 26.7. The number of nitrogens with zero attached hydrogens (tertiary/aromatic N) is 7. The number of rotatable bonds is 24. The van der Waals surface area contributed by atoms with Crippen molar-refractivity contribution in [3.05, 3.63) is 241 Å². The number of carbonyl (C=O) groups is 4. The Morgan fingerprint density at radius 2 is 0.807 bits per heavy atom. The van der Waals surface area contributed by atoms with Crippen LogP contribution in [0.5, 0.6) is 23.0 Å². The minimum atomic E-state index is -1.59. The van der Waals surface area contributed by atoms with E-state index in [0.29, 0.717) is 22.4 Å². The number of hydrogen-bond acceptors (Lipinski definition) is 18. The molecule has 0 spiro atoms. The molecule has 442 valence electrons. The molecular weight excluding hydrogens is 1140 g/mol. The van der Waals surface area contributed by atoms with E-state index in [9.17, 15) is 59.6 Å². The molecule has 24 nitrogen and oxygen atoms in total. The summed E-state index contributed by atoms with van der Waals surface area (Å²) in [6.07, 6.45) is 7.54. The predicted octanol–water partition coefficient (Wildman–Crippen LogP) is 11.6. The Morgan fingerprint density at radius 3 is 1.24 bits per heavy atom. The number of aromatic amines is 1. The van der Waals surface area contributed by atoms with Gasteiger partial charge in [0.2, 0.25) is 24.2 Å². The molecule has 0 aliphatic carbocycles. The molecule has 88 heavy (non-hydrogen) atoms. The van der Waals surface area contributed by atoms with Gasteiger partial charge >= 0.3 is 23.9 Å². The lowest BCUT2D eigenvalue weighted by Crippen LogP contribution is -2.23. The van der Waals surface area contributed by atoms with Crippen LogP contribution >= 0.6 is 0 Å². The van der Waals surface area contributed by atoms with E-state index in [1.165, 1.54) is 48.5 Å². The van der Waals surface area contributed by atoms with Gasteiger partial charge in [-0.05, 0) is 109 Å². The molecule has 0 amide bonds. The third-order valence-electron chi connectivity index (χ3n) is 13.8. The van der Waals surface area contributed by atoms with Gasteiger partial charge in [-0.3, -0.25) is 59.6 Å². The molecule has 7 aromatic rings. The van der Waals surface area contributed by atoms with Gasteiger partial charge in [0.1, 0.15) is 42.9 Å². The molecule has 5 heterocycles. The SMILES string of the molecule is C=CC(CC(=O)Oc1ccccc1-c1c(-c2ccccc2OC(=O)CC(C=C)[N+](=O)[O-])c2c(-c3ccccc3OC(=O)CC(C=C)[N+](=O)[O-])c3nc(cc4ccc(cc5nc(cc1n2-c1ccccc1OC(=O)CC(C=C)[N+](=O)[O-])C=C5)[nH]4)C=C3)[N+](=O)[O-]. The van der Waals surface area contributed by atoms with Crippen LogP contribution in [0.1, 0.15) is 48.5 Å². The van der Waals surface area contributed by atoms with Crippen molar-refractivity contribution in [1.82, 2.24) is 19.5 Å². The summed E-state index contributed by atoms with van der Waals surface area (Å²) in [5, 5.41) is 48.4. The van der Waals surface area contributed by atoms with Gasteiger partial charge in [0.25, 0.3) is 0 Å². The molecule has 9 rings (SSSR count). The maximum atomic E-state index is 14.2. The van der Waals surface area contributed by atoms with Crippen LogP contribution in [-0.2, 0) is 19.2 Å². The summed E-state index contributed by atoms with van der Waals surface area (Å²) in [5.41, 5.74) is 2.93. The fraction of sp³-hybridized carbons (Fsp3) is 0.125. The van der Waals surface area contributed by atoms with Gasteiger partial charge < -0.3 is 28.5 Å². The minimum Gasteiger partial charge on any atom is -0.426 e. The first-order valence-corrected chi connectivity index (χ1v) is 26.8. The van der Waals surface area contributed by atoms with Crippen molar-refractivity contribution in [2.45, 2.75) is 49.9 Å². The highest BCUT2D eigenvalue weighted by Gasteiger charge is 2.34. The Bertz CT molecular complexity index is 4310. The van der Waals surface area contributed by atoms with Crippen LogP contribution in [0, 0.1) is 40.5 Å². The second-order valence-corrected chi connectivity index (χ2v) is 19.6. The fourth-order valence-electron chi connectivity index (χ4n) is 9.68. The van der Waals surface area contributed by atoms with Gasteiger partial charge in [-0.25, -0.2) is 9.97 Å². The van der Waals surface area contributed by atoms with Crippen LogP contribution in [0.3, 0.4) is 0 Å². The Balaban J connectivity index is 1.56. The first kappa shape index (κ1) is 60.5. The summed E-state index contributed by atoms with van der Waals surface area (Å²) >= 11 is 0. The van der Waals surface area contributed by atoms with Gasteiger partial charge in [0.15, 0.2) is 5.75 Å². The van der Waals surface area contributed by atoms with Crippen molar-refractivity contribution in [1.29, 1.82) is 0 Å². The molecule has 0 fully saturated rings. The van der Waals surface area contributed by atoms with Crippen LogP contribution in [0.15, 0.2) is 178 Å². The topological polar surface area (TPSA) is 324 Å². The van der Waals surface area contributed by atoms with Crippen molar-refractivity contribution >= 4 is 70.2 Å². The smallest absolute Gasteiger partial charge is 0.318 e. The molecule has 24 heteroatoms. The van der Waals surface area contributed by atoms with E-state index in [1.54, 1.807) is 95.6 Å². The van der Waals surface area contributed by atoms with Crippen molar-refractivity contribution in [3.8, 4) is 62.1 Å². The van der Waals surface area contributed by atoms with E-state index in [-0.39, 0.29) is 84.5 Å². The quantitative estimate of drug-likeness (QED) is 0.0193. The highest BCUT2D eigenvalue weighted by atomic mass is 16.6. The Hall–Kier alpha value is -12.1. The normalized spacial score (nSPS) is 12.7. The highest BCUT2D eigenvalue weighted by molar-refractivity contribution is 6.13. The number of nitro groups is 4. The lowest BCUT2D eigenvalue weighted by molar-refractivity contribution is -0.508. The molecule has 4 atom stereocenters. The molecular formula is C64H50N8O16. The highest BCUT2D eigenvalue weighted by Crippen LogP contribution is 2.53. The fourth-order valence-corrected chi connectivity index (χ4v) is 9.68. The van der Waals surface area contributed by atoms with Crippen LogP contribution in [-0.4, -0.2) is 87.3 Å². The van der Waals surface area contributed by atoms with E-state index in [4.69, 9.17) is 28.9 Å². The number of benzene rings is 4. The summed E-state index contributed by atoms with van der Waals surface area (Å²) in [4.78, 5) is 115. The largest absolute Gasteiger partial charge is 0.426 e. The number of esters is 4. The van der Waals surface area contributed by atoms with Gasteiger partial charge in [-0.1, -0.05) is 93.0 Å². The third kappa shape index (κ3) is 13.5. The van der Waals surface area contributed by atoms with Crippen molar-refractivity contribution in [3.63, 3.8) is 0 Å². The number of para-hydroxylation sites is 5. The molecule has 0 saturated heterocycles. The lowest BCUT2D eigenvalue weighted by atomic mass is 9.92. The predicted molar refractivity (Wildman–Crippen MR) is 325 cm³/mol. The van der Waals surface area contributed by atoms with E-state index < -0.39 is 93.4 Å². The monoisotopic (exact) mass is 1190 g/mol. The first-order valence-electron chi connectivity index (χ1n) is 26.8. The molecule has 4 aromatic carbocycles. The maximum absolute atomic E-state index is 14.2. The lowest BCUT2D eigenvalue weighted by Gasteiger charge is -2.18. The van der Waals surface area contributed by atoms with E-state index in [0.717, 1.165) is 24.3 Å². The van der Waals surface area contributed by atoms with Gasteiger partial charge in [-0.15, -0.1) is 0 Å².